The molecule has 3 N–H and O–H groups in total. The Balaban J connectivity index is 1.63. The van der Waals surface area contributed by atoms with Crippen molar-refractivity contribution in [2.24, 2.45) is 5.73 Å². The topological polar surface area (TPSA) is 76.7 Å². The smallest absolute Gasteiger partial charge is 0.129 e. The maximum atomic E-state index is 5.81. The van der Waals surface area contributed by atoms with Gasteiger partial charge in [-0.3, -0.25) is 4.98 Å². The van der Waals surface area contributed by atoms with Crippen molar-refractivity contribution in [2.45, 2.75) is 31.3 Å². The average molecular weight is 255 g/mol. The van der Waals surface area contributed by atoms with E-state index in [-0.39, 0.29) is 0 Å². The lowest BCUT2D eigenvalue weighted by molar-refractivity contribution is 0.345. The largest absolute Gasteiger partial charge is 0.366 e. The van der Waals surface area contributed by atoms with Crippen LogP contribution in [0.2, 0.25) is 0 Å². The minimum Gasteiger partial charge on any atom is -0.366 e. The fraction of sp³-hybridized carbons (Fsp3) is 0.357. The molecule has 19 heavy (non-hydrogen) atoms. The second-order valence-electron chi connectivity index (χ2n) is 4.97. The van der Waals surface area contributed by atoms with Crippen LogP contribution < -0.4 is 11.1 Å². The number of nitrogens with two attached hydrogens (primary N) is 1. The molecule has 0 spiro atoms. The predicted octanol–water partition coefficient (Wildman–Crippen LogP) is 1.69. The van der Waals surface area contributed by atoms with Crippen LogP contribution in [-0.4, -0.2) is 21.0 Å². The van der Waals surface area contributed by atoms with Gasteiger partial charge in [0.2, 0.25) is 0 Å². The van der Waals surface area contributed by atoms with Crippen molar-refractivity contribution in [2.75, 3.05) is 5.32 Å². The standard InChI is InChI=1S/C14H17N5/c15-12-4-11(5-12)13-6-14(19-9-18-13)17-8-10-2-1-3-16-7-10/h1-3,6-7,9,11-12H,4-5,8,15H2,(H,17,18,19). The van der Waals surface area contributed by atoms with E-state index in [0.29, 0.717) is 18.5 Å². The highest BCUT2D eigenvalue weighted by Gasteiger charge is 2.28. The highest BCUT2D eigenvalue weighted by Crippen LogP contribution is 2.34. The molecule has 3 rings (SSSR count). The normalized spacial score (nSPS) is 21.7. The predicted molar refractivity (Wildman–Crippen MR) is 73.5 cm³/mol. The zero-order chi connectivity index (χ0) is 13.1. The molecule has 2 aromatic rings. The molecule has 0 amide bonds. The summed E-state index contributed by atoms with van der Waals surface area (Å²) >= 11 is 0. The monoisotopic (exact) mass is 255 g/mol. The summed E-state index contributed by atoms with van der Waals surface area (Å²) in [7, 11) is 0. The Bertz CT molecular complexity index is 537. The van der Waals surface area contributed by atoms with E-state index in [1.165, 1.54) is 0 Å². The van der Waals surface area contributed by atoms with E-state index in [2.05, 4.69) is 20.3 Å². The number of pyridine rings is 1. The van der Waals surface area contributed by atoms with Gasteiger partial charge in [0.25, 0.3) is 0 Å². The summed E-state index contributed by atoms with van der Waals surface area (Å²) in [5, 5.41) is 3.29. The van der Waals surface area contributed by atoms with E-state index in [9.17, 15) is 0 Å². The second-order valence-corrected chi connectivity index (χ2v) is 4.97. The van der Waals surface area contributed by atoms with Crippen molar-refractivity contribution in [1.29, 1.82) is 0 Å². The van der Waals surface area contributed by atoms with Crippen molar-refractivity contribution in [3.63, 3.8) is 0 Å². The molecule has 5 heteroatoms. The van der Waals surface area contributed by atoms with E-state index >= 15 is 0 Å². The van der Waals surface area contributed by atoms with E-state index in [4.69, 9.17) is 5.73 Å². The number of hydrogen-bond acceptors (Lipinski definition) is 5. The van der Waals surface area contributed by atoms with Gasteiger partial charge in [0.05, 0.1) is 0 Å². The first-order chi connectivity index (χ1) is 9.31. The van der Waals surface area contributed by atoms with Crippen LogP contribution in [0.5, 0.6) is 0 Å². The molecule has 1 aliphatic rings. The first-order valence-electron chi connectivity index (χ1n) is 6.51. The molecule has 2 heterocycles. The molecular weight excluding hydrogens is 238 g/mol. The van der Waals surface area contributed by atoms with Crippen LogP contribution in [-0.2, 0) is 6.54 Å². The van der Waals surface area contributed by atoms with Crippen LogP contribution in [0, 0.1) is 0 Å². The van der Waals surface area contributed by atoms with Gasteiger partial charge in [-0.1, -0.05) is 6.07 Å². The Morgan fingerprint density at radius 1 is 1.32 bits per heavy atom. The number of hydrogen-bond donors (Lipinski definition) is 2. The Morgan fingerprint density at radius 2 is 2.21 bits per heavy atom. The molecule has 1 fully saturated rings. The Kier molecular flexibility index (Phi) is 3.37. The molecule has 2 aromatic heterocycles. The summed E-state index contributed by atoms with van der Waals surface area (Å²) < 4.78 is 0. The Hall–Kier alpha value is -2.01. The highest BCUT2D eigenvalue weighted by atomic mass is 15.0. The lowest BCUT2D eigenvalue weighted by Gasteiger charge is -2.31. The van der Waals surface area contributed by atoms with Crippen molar-refractivity contribution < 1.29 is 0 Å². The van der Waals surface area contributed by atoms with Gasteiger partial charge < -0.3 is 11.1 Å². The van der Waals surface area contributed by atoms with Crippen LogP contribution in [0.25, 0.3) is 0 Å². The number of nitrogens with zero attached hydrogens (tertiary/aromatic N) is 3. The van der Waals surface area contributed by atoms with Crippen molar-refractivity contribution >= 4 is 5.82 Å². The van der Waals surface area contributed by atoms with Crippen molar-refractivity contribution in [1.82, 2.24) is 15.0 Å². The number of nitrogens with one attached hydrogen (secondary N) is 1. The van der Waals surface area contributed by atoms with Gasteiger partial charge in [-0.15, -0.1) is 0 Å². The maximum absolute atomic E-state index is 5.81. The lowest BCUT2D eigenvalue weighted by Crippen LogP contribution is -2.35. The average Bonchev–Trinajstić information content (AvgIpc) is 2.43. The zero-order valence-corrected chi connectivity index (χ0v) is 10.7. The Labute approximate surface area is 112 Å². The van der Waals surface area contributed by atoms with E-state index in [1.807, 2.05) is 24.4 Å². The quantitative estimate of drug-likeness (QED) is 0.869. The molecule has 1 aliphatic carbocycles. The highest BCUT2D eigenvalue weighted by molar-refractivity contribution is 5.37. The molecule has 0 saturated heterocycles. The summed E-state index contributed by atoms with van der Waals surface area (Å²) in [4.78, 5) is 12.7. The first kappa shape index (κ1) is 12.0. The Morgan fingerprint density at radius 3 is 2.95 bits per heavy atom. The van der Waals surface area contributed by atoms with Crippen LogP contribution in [0.15, 0.2) is 36.9 Å². The van der Waals surface area contributed by atoms with Crippen LogP contribution >= 0.6 is 0 Å². The number of rotatable bonds is 4. The minimum atomic E-state index is 0.340. The molecule has 0 radical (unpaired) electrons. The fourth-order valence-electron chi connectivity index (χ4n) is 2.29. The second kappa shape index (κ2) is 5.32. The van der Waals surface area contributed by atoms with Crippen molar-refractivity contribution in [3.8, 4) is 0 Å². The minimum absolute atomic E-state index is 0.340. The van der Waals surface area contributed by atoms with E-state index < -0.39 is 0 Å². The third-order valence-electron chi connectivity index (χ3n) is 3.48. The third kappa shape index (κ3) is 2.88. The molecule has 0 bridgehead atoms. The summed E-state index contributed by atoms with van der Waals surface area (Å²) in [5.74, 6) is 1.35. The van der Waals surface area contributed by atoms with Gasteiger partial charge >= 0.3 is 0 Å². The SMILES string of the molecule is NC1CC(c2cc(NCc3cccnc3)ncn2)C1. The van der Waals surface area contributed by atoms with Crippen molar-refractivity contribution in [3.05, 3.63) is 48.2 Å². The molecule has 1 saturated carbocycles. The van der Waals surface area contributed by atoms with Gasteiger partial charge in [-0.2, -0.15) is 0 Å². The first-order valence-corrected chi connectivity index (χ1v) is 6.51. The van der Waals surface area contributed by atoms with Crippen LogP contribution in [0.1, 0.15) is 30.0 Å². The molecule has 98 valence electrons. The van der Waals surface area contributed by atoms with Crippen LogP contribution in [0.3, 0.4) is 0 Å². The third-order valence-corrected chi connectivity index (χ3v) is 3.48. The summed E-state index contributed by atoms with van der Waals surface area (Å²) in [6.07, 6.45) is 7.29. The van der Waals surface area contributed by atoms with Gasteiger partial charge in [-0.05, 0) is 24.5 Å². The molecule has 0 atom stereocenters. The molecular formula is C14H17N5. The van der Waals surface area contributed by atoms with Gasteiger partial charge in [0.1, 0.15) is 12.1 Å². The van der Waals surface area contributed by atoms with E-state index in [0.717, 1.165) is 29.9 Å². The van der Waals surface area contributed by atoms with Gasteiger partial charge in [0.15, 0.2) is 0 Å². The molecule has 0 unspecified atom stereocenters. The lowest BCUT2D eigenvalue weighted by atomic mass is 9.79. The molecule has 0 aromatic carbocycles. The van der Waals surface area contributed by atoms with Gasteiger partial charge in [0, 0.05) is 42.7 Å². The summed E-state index contributed by atoms with van der Waals surface area (Å²) in [6, 6.07) is 6.32. The van der Waals surface area contributed by atoms with E-state index in [1.54, 1.807) is 12.5 Å². The maximum Gasteiger partial charge on any atom is 0.129 e. The molecule has 0 aliphatic heterocycles. The number of aromatic nitrogens is 3. The van der Waals surface area contributed by atoms with Crippen LogP contribution in [0.4, 0.5) is 5.82 Å². The number of anilines is 1. The summed E-state index contributed by atoms with van der Waals surface area (Å²) in [5.41, 5.74) is 8.03. The zero-order valence-electron chi connectivity index (χ0n) is 10.7. The molecule has 5 nitrogen and oxygen atoms in total. The van der Waals surface area contributed by atoms with Gasteiger partial charge in [-0.25, -0.2) is 9.97 Å². The summed E-state index contributed by atoms with van der Waals surface area (Å²) in [6.45, 7) is 0.717. The fourth-order valence-corrected chi connectivity index (χ4v) is 2.29.